The predicted octanol–water partition coefficient (Wildman–Crippen LogP) is 8.11. The summed E-state index contributed by atoms with van der Waals surface area (Å²) in [5, 5.41) is 1.32. The summed E-state index contributed by atoms with van der Waals surface area (Å²) in [7, 11) is -1.30. The summed E-state index contributed by atoms with van der Waals surface area (Å²) in [4.78, 5) is 8.79. The Hall–Kier alpha value is -3.24. The van der Waals surface area contributed by atoms with Gasteiger partial charge < -0.3 is 9.97 Å². The molecule has 3 aromatic carbocycles. The quantitative estimate of drug-likeness (QED) is 0.136. The molecule has 5 rings (SSSR count). The van der Waals surface area contributed by atoms with Gasteiger partial charge in [-0.1, -0.05) is 88.1 Å². The summed E-state index contributed by atoms with van der Waals surface area (Å²) in [5.74, 6) is -0.271. The number of aromatic nitrogens is 2. The Morgan fingerprint density at radius 3 is 1.82 bits per heavy atom. The van der Waals surface area contributed by atoms with Crippen LogP contribution in [0.15, 0.2) is 109 Å². The van der Waals surface area contributed by atoms with Crippen LogP contribution in [0.2, 0.25) is 19.6 Å². The molecule has 5 heteroatoms. The molecule has 0 aliphatic carbocycles. The summed E-state index contributed by atoms with van der Waals surface area (Å²) >= 11 is 0. The summed E-state index contributed by atoms with van der Waals surface area (Å²) in [6.45, 7) is 11.3. The molecule has 39 heavy (non-hydrogen) atoms. The smallest absolute Gasteiger partial charge is 0.0795 e. The Morgan fingerprint density at radius 1 is 0.667 bits per heavy atom. The van der Waals surface area contributed by atoms with Crippen LogP contribution in [-0.4, -0.2) is 18.0 Å². The van der Waals surface area contributed by atoms with Gasteiger partial charge in [-0.05, 0) is 33.6 Å². The number of rotatable bonds is 5. The molecule has 0 spiro atoms. The molecule has 0 amide bonds. The number of halogens is 1. The van der Waals surface area contributed by atoms with Crippen LogP contribution in [0.25, 0.3) is 22.5 Å². The SMILES string of the molecule is CC(C)(c1c[c-]c(-c2ccccn2)cc1)c1ccccc1.C[Si](C)(C)c1ccc(-c2[c-]cc(F)cc2)nc1.[Ir]. The fraction of sp³-hybridized carbons (Fsp3) is 0.176. The Balaban J connectivity index is 0.000000215. The number of hydrogen-bond donors (Lipinski definition) is 0. The minimum Gasteiger partial charge on any atom is -0.305 e. The molecule has 2 aromatic heterocycles. The second-order valence-corrected chi connectivity index (χ2v) is 15.9. The normalized spacial score (nSPS) is 11.1. The van der Waals surface area contributed by atoms with Gasteiger partial charge in [0.05, 0.1) is 8.07 Å². The molecular formula is C34H33FIrN2Si-2. The number of pyridine rings is 2. The average Bonchev–Trinajstić information content (AvgIpc) is 2.94. The van der Waals surface area contributed by atoms with Crippen molar-refractivity contribution in [3.05, 3.63) is 139 Å². The van der Waals surface area contributed by atoms with Crippen LogP contribution >= 0.6 is 0 Å². The van der Waals surface area contributed by atoms with E-state index >= 15 is 0 Å². The van der Waals surface area contributed by atoms with Gasteiger partial charge in [0.1, 0.15) is 0 Å². The third-order valence-electron chi connectivity index (χ3n) is 6.65. The van der Waals surface area contributed by atoms with Crippen molar-refractivity contribution in [2.75, 3.05) is 0 Å². The third-order valence-corrected chi connectivity index (χ3v) is 8.68. The first-order valence-corrected chi connectivity index (χ1v) is 16.3. The fourth-order valence-corrected chi connectivity index (χ4v) is 5.11. The predicted molar refractivity (Wildman–Crippen MR) is 159 cm³/mol. The summed E-state index contributed by atoms with van der Waals surface area (Å²) < 4.78 is 12.8. The van der Waals surface area contributed by atoms with Gasteiger partial charge in [0.2, 0.25) is 0 Å². The van der Waals surface area contributed by atoms with E-state index in [0.717, 1.165) is 22.5 Å². The van der Waals surface area contributed by atoms with E-state index in [2.05, 4.69) is 110 Å². The van der Waals surface area contributed by atoms with Crippen LogP contribution in [0.5, 0.6) is 0 Å². The Bertz CT molecular complexity index is 1430. The second-order valence-electron chi connectivity index (χ2n) is 10.8. The van der Waals surface area contributed by atoms with E-state index in [9.17, 15) is 4.39 Å². The van der Waals surface area contributed by atoms with Gasteiger partial charge >= 0.3 is 0 Å². The molecule has 0 bridgehead atoms. The van der Waals surface area contributed by atoms with Crippen LogP contribution < -0.4 is 5.19 Å². The first-order valence-electron chi connectivity index (χ1n) is 12.8. The number of nitrogens with zero attached hydrogens (tertiary/aromatic N) is 2. The number of hydrogen-bond acceptors (Lipinski definition) is 2. The van der Waals surface area contributed by atoms with E-state index in [0.29, 0.717) is 0 Å². The van der Waals surface area contributed by atoms with Crippen molar-refractivity contribution in [2.45, 2.75) is 38.9 Å². The fourth-order valence-electron chi connectivity index (χ4n) is 4.08. The monoisotopic (exact) mass is 709 g/mol. The maximum Gasteiger partial charge on any atom is 0.0795 e. The van der Waals surface area contributed by atoms with Gasteiger partial charge in [-0.15, -0.1) is 65.2 Å². The van der Waals surface area contributed by atoms with Gasteiger partial charge in [-0.25, -0.2) is 0 Å². The minimum atomic E-state index is -1.30. The van der Waals surface area contributed by atoms with E-state index in [1.54, 1.807) is 6.07 Å². The molecular weight excluding hydrogens is 676 g/mol. The molecule has 201 valence electrons. The molecule has 0 unspecified atom stereocenters. The first kappa shape index (κ1) is 30.3. The van der Waals surface area contributed by atoms with E-state index in [1.807, 2.05) is 36.7 Å². The Labute approximate surface area is 246 Å². The van der Waals surface area contributed by atoms with Crippen LogP contribution in [0.1, 0.15) is 25.0 Å². The Morgan fingerprint density at radius 2 is 1.31 bits per heavy atom. The maximum atomic E-state index is 12.8. The van der Waals surface area contributed by atoms with Gasteiger partial charge in [0, 0.05) is 38.3 Å². The van der Waals surface area contributed by atoms with Crippen LogP contribution in [0, 0.1) is 17.9 Å². The zero-order valence-corrected chi connectivity index (χ0v) is 26.4. The summed E-state index contributed by atoms with van der Waals surface area (Å²) in [6, 6.07) is 37.7. The second kappa shape index (κ2) is 13.2. The van der Waals surface area contributed by atoms with E-state index in [4.69, 9.17) is 0 Å². The molecule has 0 N–H and O–H groups in total. The van der Waals surface area contributed by atoms with Crippen molar-refractivity contribution in [1.29, 1.82) is 0 Å². The van der Waals surface area contributed by atoms with Crippen molar-refractivity contribution in [3.8, 4) is 22.5 Å². The topological polar surface area (TPSA) is 25.8 Å². The van der Waals surface area contributed by atoms with Crippen LogP contribution in [0.4, 0.5) is 4.39 Å². The molecule has 0 saturated heterocycles. The molecule has 0 aliphatic rings. The zero-order valence-electron chi connectivity index (χ0n) is 23.0. The van der Waals surface area contributed by atoms with Gasteiger partial charge in [0.15, 0.2) is 0 Å². The van der Waals surface area contributed by atoms with Crippen LogP contribution in [-0.2, 0) is 25.5 Å². The van der Waals surface area contributed by atoms with Gasteiger partial charge in [-0.3, -0.25) is 4.39 Å². The molecule has 0 saturated carbocycles. The molecule has 1 radical (unpaired) electrons. The summed E-state index contributed by atoms with van der Waals surface area (Å²) in [6.07, 6.45) is 3.74. The molecule has 0 aliphatic heterocycles. The van der Waals surface area contributed by atoms with Crippen molar-refractivity contribution in [2.24, 2.45) is 0 Å². The average molecular weight is 709 g/mol. The van der Waals surface area contributed by atoms with Gasteiger partial charge in [-0.2, -0.15) is 0 Å². The van der Waals surface area contributed by atoms with Crippen molar-refractivity contribution in [1.82, 2.24) is 9.97 Å². The van der Waals surface area contributed by atoms with Gasteiger partial charge in [0.25, 0.3) is 0 Å². The molecule has 2 nitrogen and oxygen atoms in total. The van der Waals surface area contributed by atoms with E-state index in [1.165, 1.54) is 28.4 Å². The van der Waals surface area contributed by atoms with Crippen molar-refractivity contribution >= 4 is 13.3 Å². The zero-order chi connectivity index (χ0) is 27.2. The van der Waals surface area contributed by atoms with Crippen LogP contribution in [0.3, 0.4) is 0 Å². The summed E-state index contributed by atoms with van der Waals surface area (Å²) in [5.41, 5.74) is 6.20. The molecule has 2 heterocycles. The third kappa shape index (κ3) is 7.89. The largest absolute Gasteiger partial charge is 0.305 e. The molecule has 0 atom stereocenters. The number of benzene rings is 3. The molecule has 0 fully saturated rings. The van der Waals surface area contributed by atoms with Crippen molar-refractivity contribution in [3.63, 3.8) is 0 Å². The van der Waals surface area contributed by atoms with Crippen molar-refractivity contribution < 1.29 is 24.5 Å². The van der Waals surface area contributed by atoms with E-state index < -0.39 is 8.07 Å². The minimum absolute atomic E-state index is 0. The first-order chi connectivity index (χ1) is 18.1. The maximum absolute atomic E-state index is 12.8. The van der Waals surface area contributed by atoms with E-state index in [-0.39, 0.29) is 31.3 Å². The Kier molecular flexibility index (Phi) is 10.3. The standard InChI is InChI=1S/C20H18N.C14H15FNSi.Ir/c1-20(2,17-8-4-3-5-9-17)18-13-11-16(12-14-18)19-10-6-7-15-21-19;1-17(2,3)13-8-9-14(16-10-13)11-4-6-12(15)7-5-11;/h3-11,13-15H,1-2H3;4,6-10H,1-3H3;/q2*-1;. The molecule has 5 aromatic rings.